The third-order valence-corrected chi connectivity index (χ3v) is 5.97. The Hall–Kier alpha value is -2.15. The van der Waals surface area contributed by atoms with Gasteiger partial charge >= 0.3 is 5.97 Å². The molecule has 1 heterocycles. The van der Waals surface area contributed by atoms with E-state index in [2.05, 4.69) is 12.1 Å². The number of hydrogen-bond donors (Lipinski definition) is 1. The van der Waals surface area contributed by atoms with Crippen LogP contribution in [0.3, 0.4) is 0 Å². The maximum atomic E-state index is 13.2. The first-order chi connectivity index (χ1) is 14.9. The number of oxime groups is 1. The Bertz CT molecular complexity index is 951. The van der Waals surface area contributed by atoms with Gasteiger partial charge in [0.15, 0.2) is 0 Å². The molecule has 0 radical (unpaired) electrons. The van der Waals surface area contributed by atoms with Crippen molar-refractivity contribution in [2.24, 2.45) is 5.16 Å². The number of carboxylic acid groups (broad SMARTS) is 1. The van der Waals surface area contributed by atoms with Gasteiger partial charge in [-0.2, -0.15) is 0 Å². The quantitative estimate of drug-likeness (QED) is 0.401. The van der Waals surface area contributed by atoms with Crippen molar-refractivity contribution in [3.05, 3.63) is 69.5 Å². The van der Waals surface area contributed by atoms with Gasteiger partial charge in [-0.25, -0.2) is 9.18 Å². The van der Waals surface area contributed by atoms with Crippen molar-refractivity contribution in [2.45, 2.75) is 57.3 Å². The van der Waals surface area contributed by atoms with Gasteiger partial charge in [-0.15, -0.1) is 0 Å². The van der Waals surface area contributed by atoms with Crippen LogP contribution in [0.4, 0.5) is 4.39 Å². The molecule has 166 valence electrons. The third kappa shape index (κ3) is 5.56. The van der Waals surface area contributed by atoms with Crippen LogP contribution in [0, 0.1) is 5.82 Å². The lowest BCUT2D eigenvalue weighted by atomic mass is 9.85. The molecule has 8 heteroatoms. The summed E-state index contributed by atoms with van der Waals surface area (Å²) < 4.78 is 19.3. The molecule has 2 aromatic rings. The summed E-state index contributed by atoms with van der Waals surface area (Å²) in [5.41, 5.74) is 0.142. The predicted octanol–water partition coefficient (Wildman–Crippen LogP) is 6.57. The van der Waals surface area contributed by atoms with Crippen LogP contribution in [0.25, 0.3) is 0 Å². The molecule has 2 unspecified atom stereocenters. The summed E-state index contributed by atoms with van der Waals surface area (Å²) in [5, 5.41) is 14.9. The van der Waals surface area contributed by atoms with Crippen molar-refractivity contribution in [3.8, 4) is 0 Å². The average molecular weight is 468 g/mol. The van der Waals surface area contributed by atoms with Gasteiger partial charge in [0.05, 0.1) is 22.4 Å². The molecule has 1 N–H and O–H groups in total. The molecular weight excluding hydrogens is 444 g/mol. The van der Waals surface area contributed by atoms with E-state index in [1.54, 1.807) is 30.3 Å². The number of aliphatic carboxylic acids is 1. The predicted molar refractivity (Wildman–Crippen MR) is 118 cm³/mol. The van der Waals surface area contributed by atoms with Crippen LogP contribution < -0.4 is 0 Å². The van der Waals surface area contributed by atoms with E-state index < -0.39 is 17.7 Å². The number of unbranched alkanes of at least 4 members (excludes halogenated alkanes) is 2. The second-order valence-corrected chi connectivity index (χ2v) is 8.38. The van der Waals surface area contributed by atoms with E-state index in [0.717, 1.165) is 19.3 Å². The zero-order valence-corrected chi connectivity index (χ0v) is 18.6. The number of carboxylic acids is 1. The zero-order valence-electron chi connectivity index (χ0n) is 17.1. The normalized spacial score (nSPS) is 19.0. The first kappa shape index (κ1) is 23.5. The molecule has 1 aliphatic heterocycles. The Labute approximate surface area is 190 Å². The van der Waals surface area contributed by atoms with Crippen LogP contribution in [0.1, 0.15) is 56.3 Å². The molecule has 1 aliphatic rings. The molecule has 0 fully saturated rings. The van der Waals surface area contributed by atoms with Crippen molar-refractivity contribution in [1.82, 2.24) is 0 Å². The number of hydrogen-bond acceptors (Lipinski definition) is 4. The minimum Gasteiger partial charge on any atom is -0.478 e. The van der Waals surface area contributed by atoms with E-state index in [9.17, 15) is 14.3 Å². The van der Waals surface area contributed by atoms with E-state index in [4.69, 9.17) is 32.8 Å². The van der Waals surface area contributed by atoms with Gasteiger partial charge in [-0.3, -0.25) is 0 Å². The lowest BCUT2D eigenvalue weighted by Crippen LogP contribution is -2.46. The summed E-state index contributed by atoms with van der Waals surface area (Å²) >= 11 is 12.2. The summed E-state index contributed by atoms with van der Waals surface area (Å²) in [5.74, 6) is -1.55. The molecule has 3 rings (SSSR count). The molecule has 0 aromatic heterocycles. The van der Waals surface area contributed by atoms with Gasteiger partial charge in [0, 0.05) is 6.42 Å². The van der Waals surface area contributed by atoms with E-state index in [1.807, 2.05) is 0 Å². The molecule has 0 saturated heterocycles. The zero-order chi connectivity index (χ0) is 22.4. The van der Waals surface area contributed by atoms with Crippen LogP contribution in [0.5, 0.6) is 0 Å². The Morgan fingerprint density at radius 1 is 1.23 bits per heavy atom. The Kier molecular flexibility index (Phi) is 7.92. The summed E-state index contributed by atoms with van der Waals surface area (Å²) in [6, 6.07) is 10.6. The number of halogens is 3. The van der Waals surface area contributed by atoms with Crippen LogP contribution >= 0.6 is 23.2 Å². The molecular formula is C23H24Cl2FNO4. The largest absolute Gasteiger partial charge is 0.478 e. The number of ether oxygens (including phenoxy) is 1. The average Bonchev–Trinajstić information content (AvgIpc) is 3.18. The number of benzene rings is 2. The second kappa shape index (κ2) is 10.4. The Morgan fingerprint density at radius 3 is 2.61 bits per heavy atom. The molecule has 0 aliphatic carbocycles. The topological polar surface area (TPSA) is 68.1 Å². The van der Waals surface area contributed by atoms with Crippen molar-refractivity contribution in [2.75, 3.05) is 0 Å². The highest BCUT2D eigenvalue weighted by molar-refractivity contribution is 6.42. The molecule has 2 atom stereocenters. The van der Waals surface area contributed by atoms with Crippen LogP contribution in [-0.4, -0.2) is 22.4 Å². The van der Waals surface area contributed by atoms with Gasteiger partial charge in [0.2, 0.25) is 0 Å². The fraction of sp³-hybridized carbons (Fsp3) is 0.391. The summed E-state index contributed by atoms with van der Waals surface area (Å²) in [4.78, 5) is 18.0. The lowest BCUT2D eigenvalue weighted by Gasteiger charge is -2.31. The summed E-state index contributed by atoms with van der Waals surface area (Å²) in [7, 11) is 0. The smallest absolute Gasteiger partial charge is 0.354 e. The SMILES string of the molecule is CCCCCC1=NOC(C(=O)O)(C(OCc2ccc(F)cc2)c2ccc(Cl)c(Cl)c2)C1. The molecule has 0 saturated carbocycles. The fourth-order valence-electron chi connectivity index (χ4n) is 3.53. The first-order valence-corrected chi connectivity index (χ1v) is 10.9. The minimum atomic E-state index is -1.74. The van der Waals surface area contributed by atoms with E-state index in [0.29, 0.717) is 28.3 Å². The maximum absolute atomic E-state index is 13.2. The third-order valence-electron chi connectivity index (χ3n) is 5.24. The Balaban J connectivity index is 1.90. The molecule has 31 heavy (non-hydrogen) atoms. The van der Waals surface area contributed by atoms with Crippen LogP contribution in [-0.2, 0) is 21.0 Å². The highest BCUT2D eigenvalue weighted by atomic mass is 35.5. The van der Waals surface area contributed by atoms with Crippen molar-refractivity contribution < 1.29 is 23.9 Å². The highest BCUT2D eigenvalue weighted by Gasteiger charge is 2.54. The molecule has 0 bridgehead atoms. The number of nitrogens with zero attached hydrogens (tertiary/aromatic N) is 1. The van der Waals surface area contributed by atoms with E-state index >= 15 is 0 Å². The highest BCUT2D eigenvalue weighted by Crippen LogP contribution is 2.42. The van der Waals surface area contributed by atoms with Gasteiger partial charge < -0.3 is 14.7 Å². The minimum absolute atomic E-state index is 0.0503. The number of carbonyl (C=O) groups is 1. The van der Waals surface area contributed by atoms with Crippen molar-refractivity contribution in [1.29, 1.82) is 0 Å². The molecule has 5 nitrogen and oxygen atoms in total. The van der Waals surface area contributed by atoms with Crippen molar-refractivity contribution in [3.63, 3.8) is 0 Å². The fourth-order valence-corrected chi connectivity index (χ4v) is 3.84. The van der Waals surface area contributed by atoms with Crippen LogP contribution in [0.15, 0.2) is 47.6 Å². The first-order valence-electron chi connectivity index (χ1n) is 10.1. The monoisotopic (exact) mass is 467 g/mol. The standard InChI is InChI=1S/C23H24Cl2FNO4/c1-2-3-4-5-18-13-23(22(28)29,31-27-18)21(16-8-11-19(24)20(25)12-16)30-14-15-6-9-17(26)10-7-15/h6-12,21H,2-5,13-14H2,1H3,(H,28,29). The Morgan fingerprint density at radius 2 is 1.97 bits per heavy atom. The van der Waals surface area contributed by atoms with Gasteiger partial charge in [0.25, 0.3) is 5.60 Å². The molecule has 0 spiro atoms. The second-order valence-electron chi connectivity index (χ2n) is 7.57. The van der Waals surface area contributed by atoms with Crippen molar-refractivity contribution >= 4 is 34.9 Å². The van der Waals surface area contributed by atoms with Gasteiger partial charge in [-0.1, -0.05) is 66.3 Å². The van der Waals surface area contributed by atoms with Crippen LogP contribution in [0.2, 0.25) is 10.0 Å². The van der Waals surface area contributed by atoms with E-state index in [-0.39, 0.29) is 23.9 Å². The molecule has 0 amide bonds. The summed E-state index contributed by atoms with van der Waals surface area (Å²) in [6.07, 6.45) is 2.72. The van der Waals surface area contributed by atoms with Gasteiger partial charge in [0.1, 0.15) is 11.9 Å². The van der Waals surface area contributed by atoms with E-state index in [1.165, 1.54) is 12.1 Å². The molecule has 2 aromatic carbocycles. The lowest BCUT2D eigenvalue weighted by molar-refractivity contribution is -0.187. The van der Waals surface area contributed by atoms with Gasteiger partial charge in [-0.05, 0) is 48.2 Å². The maximum Gasteiger partial charge on any atom is 0.354 e. The summed E-state index contributed by atoms with van der Waals surface area (Å²) in [6.45, 7) is 2.15. The number of rotatable bonds is 10.